The third kappa shape index (κ3) is 3.12. The highest BCUT2D eigenvalue weighted by molar-refractivity contribution is 5.96. The molecule has 6 heteroatoms. The van der Waals surface area contributed by atoms with Crippen molar-refractivity contribution < 1.29 is 14.0 Å². The lowest BCUT2D eigenvalue weighted by Gasteiger charge is -2.08. The van der Waals surface area contributed by atoms with Gasteiger partial charge in [-0.1, -0.05) is 30.3 Å². The van der Waals surface area contributed by atoms with Crippen LogP contribution in [0.25, 0.3) is 10.9 Å². The highest BCUT2D eigenvalue weighted by Gasteiger charge is 2.14. The van der Waals surface area contributed by atoms with Crippen molar-refractivity contribution in [1.82, 2.24) is 15.8 Å². The second-order valence-electron chi connectivity index (χ2n) is 5.43. The van der Waals surface area contributed by atoms with Crippen LogP contribution < -0.4 is 10.9 Å². The van der Waals surface area contributed by atoms with Crippen molar-refractivity contribution in [2.75, 3.05) is 0 Å². The fraction of sp³-hybridized carbons (Fsp3) is 0.111. The predicted molar refractivity (Wildman–Crippen MR) is 88.7 cm³/mol. The largest absolute Gasteiger partial charge is 0.358 e. The molecule has 0 fully saturated rings. The third-order valence-electron chi connectivity index (χ3n) is 3.80. The molecule has 3 N–H and O–H groups in total. The monoisotopic (exact) mass is 325 g/mol. The van der Waals surface area contributed by atoms with E-state index in [1.165, 1.54) is 18.2 Å². The maximum atomic E-state index is 13.5. The molecule has 0 aliphatic rings. The smallest absolute Gasteiger partial charge is 0.272 e. The summed E-state index contributed by atoms with van der Waals surface area (Å²) in [6.45, 7) is 1.89. The number of benzene rings is 2. The Kier molecular flexibility index (Phi) is 4.29. The predicted octanol–water partition coefficient (Wildman–Crippen LogP) is 2.62. The zero-order valence-electron chi connectivity index (χ0n) is 13.0. The Morgan fingerprint density at radius 3 is 2.54 bits per heavy atom. The number of para-hydroxylation sites is 1. The van der Waals surface area contributed by atoms with Crippen LogP contribution in [0.4, 0.5) is 4.39 Å². The average Bonchev–Trinajstić information content (AvgIpc) is 2.89. The molecule has 5 nitrogen and oxygen atoms in total. The molecule has 0 atom stereocenters. The van der Waals surface area contributed by atoms with Crippen molar-refractivity contribution in [1.29, 1.82) is 0 Å². The molecule has 3 rings (SSSR count). The zero-order chi connectivity index (χ0) is 17.1. The fourth-order valence-electron chi connectivity index (χ4n) is 2.61. The minimum Gasteiger partial charge on any atom is -0.358 e. The molecule has 3 aromatic rings. The van der Waals surface area contributed by atoms with Crippen LogP contribution in [0.1, 0.15) is 21.6 Å². The van der Waals surface area contributed by atoms with Gasteiger partial charge in [0.1, 0.15) is 5.82 Å². The Morgan fingerprint density at radius 1 is 1.04 bits per heavy atom. The number of hydrazine groups is 1. The molecule has 2 aromatic carbocycles. The first-order valence-electron chi connectivity index (χ1n) is 7.46. The number of rotatable bonds is 3. The Hall–Kier alpha value is -3.15. The number of H-pyrrole nitrogens is 1. The van der Waals surface area contributed by atoms with Gasteiger partial charge < -0.3 is 4.98 Å². The molecule has 0 spiro atoms. The van der Waals surface area contributed by atoms with E-state index >= 15 is 0 Å². The van der Waals surface area contributed by atoms with Gasteiger partial charge in [0.2, 0.25) is 5.91 Å². The van der Waals surface area contributed by atoms with Crippen molar-refractivity contribution in [3.8, 4) is 0 Å². The van der Waals surface area contributed by atoms with Gasteiger partial charge in [-0.15, -0.1) is 0 Å². The molecule has 2 amide bonds. The standard InChI is InChI=1S/C18H16FN3O2/c1-11-14(12-6-3-5-9-16(12)20-11)10-17(23)21-22-18(24)13-7-2-4-8-15(13)19/h2-9,20H,10H2,1H3,(H,21,23)(H,22,24). The van der Waals surface area contributed by atoms with Gasteiger partial charge in [0.25, 0.3) is 5.91 Å². The maximum Gasteiger partial charge on any atom is 0.272 e. The zero-order valence-corrected chi connectivity index (χ0v) is 13.0. The molecule has 0 radical (unpaired) electrons. The highest BCUT2D eigenvalue weighted by Crippen LogP contribution is 2.22. The van der Waals surface area contributed by atoms with Gasteiger partial charge in [-0.05, 0) is 30.7 Å². The molecular formula is C18H16FN3O2. The Balaban J connectivity index is 1.67. The summed E-state index contributed by atoms with van der Waals surface area (Å²) in [6, 6.07) is 13.3. The minimum absolute atomic E-state index is 0.105. The van der Waals surface area contributed by atoms with Gasteiger partial charge in [0.05, 0.1) is 12.0 Å². The lowest BCUT2D eigenvalue weighted by Crippen LogP contribution is -2.42. The number of aromatic amines is 1. The van der Waals surface area contributed by atoms with Crippen LogP contribution in [-0.2, 0) is 11.2 Å². The summed E-state index contributed by atoms with van der Waals surface area (Å²) in [5.74, 6) is -1.72. The second kappa shape index (κ2) is 6.54. The van der Waals surface area contributed by atoms with Gasteiger partial charge in [-0.3, -0.25) is 20.4 Å². The number of carbonyl (C=O) groups excluding carboxylic acids is 2. The van der Waals surface area contributed by atoms with E-state index < -0.39 is 11.7 Å². The molecule has 1 aromatic heterocycles. The molecular weight excluding hydrogens is 309 g/mol. The van der Waals surface area contributed by atoms with Crippen molar-refractivity contribution in [2.45, 2.75) is 13.3 Å². The summed E-state index contributed by atoms with van der Waals surface area (Å²) in [4.78, 5) is 27.2. The SMILES string of the molecule is Cc1[nH]c2ccccc2c1CC(=O)NNC(=O)c1ccccc1F. The van der Waals surface area contributed by atoms with Gasteiger partial charge in [0.15, 0.2) is 0 Å². The summed E-state index contributed by atoms with van der Waals surface area (Å²) < 4.78 is 13.5. The first-order chi connectivity index (χ1) is 11.6. The van der Waals surface area contributed by atoms with Crippen LogP contribution in [0.3, 0.4) is 0 Å². The molecule has 0 aliphatic carbocycles. The number of carbonyl (C=O) groups is 2. The van der Waals surface area contributed by atoms with Crippen LogP contribution in [0.15, 0.2) is 48.5 Å². The van der Waals surface area contributed by atoms with E-state index in [0.717, 1.165) is 22.2 Å². The van der Waals surface area contributed by atoms with Crippen molar-refractivity contribution in [3.63, 3.8) is 0 Å². The lowest BCUT2D eigenvalue weighted by atomic mass is 10.1. The van der Waals surface area contributed by atoms with Crippen LogP contribution in [0, 0.1) is 12.7 Å². The molecule has 1 heterocycles. The molecule has 0 unspecified atom stereocenters. The summed E-state index contributed by atoms with van der Waals surface area (Å²) >= 11 is 0. The van der Waals surface area contributed by atoms with Crippen molar-refractivity contribution >= 4 is 22.7 Å². The van der Waals surface area contributed by atoms with Gasteiger partial charge in [0, 0.05) is 16.6 Å². The van der Waals surface area contributed by atoms with Crippen LogP contribution >= 0.6 is 0 Å². The fourth-order valence-corrected chi connectivity index (χ4v) is 2.61. The summed E-state index contributed by atoms with van der Waals surface area (Å²) in [6.07, 6.45) is 0.105. The van der Waals surface area contributed by atoms with E-state index in [-0.39, 0.29) is 17.9 Å². The van der Waals surface area contributed by atoms with Gasteiger partial charge >= 0.3 is 0 Å². The first kappa shape index (κ1) is 15.7. The van der Waals surface area contributed by atoms with Crippen LogP contribution in [0.5, 0.6) is 0 Å². The maximum absolute atomic E-state index is 13.5. The number of aromatic nitrogens is 1. The number of amides is 2. The van der Waals surface area contributed by atoms with Crippen molar-refractivity contribution in [2.24, 2.45) is 0 Å². The summed E-state index contributed by atoms with van der Waals surface area (Å²) in [5.41, 5.74) is 7.14. The molecule has 0 aliphatic heterocycles. The highest BCUT2D eigenvalue weighted by atomic mass is 19.1. The number of aryl methyl sites for hydroxylation is 1. The average molecular weight is 325 g/mol. The lowest BCUT2D eigenvalue weighted by molar-refractivity contribution is -0.121. The topological polar surface area (TPSA) is 74.0 Å². The summed E-state index contributed by atoms with van der Waals surface area (Å²) in [7, 11) is 0. The number of hydrogen-bond acceptors (Lipinski definition) is 2. The number of hydrogen-bond donors (Lipinski definition) is 3. The Labute approximate surface area is 137 Å². The minimum atomic E-state index is -0.697. The van der Waals surface area contributed by atoms with Crippen LogP contribution in [-0.4, -0.2) is 16.8 Å². The Bertz CT molecular complexity index is 918. The number of nitrogens with one attached hydrogen (secondary N) is 3. The molecule has 0 saturated heterocycles. The Morgan fingerprint density at radius 2 is 1.75 bits per heavy atom. The van der Waals surface area contributed by atoms with Gasteiger partial charge in [-0.25, -0.2) is 4.39 Å². The van der Waals surface area contributed by atoms with E-state index in [1.54, 1.807) is 6.07 Å². The van der Waals surface area contributed by atoms with Crippen LogP contribution in [0.2, 0.25) is 0 Å². The number of halogens is 1. The van der Waals surface area contributed by atoms with Crippen molar-refractivity contribution in [3.05, 3.63) is 71.2 Å². The van der Waals surface area contributed by atoms with Gasteiger partial charge in [-0.2, -0.15) is 0 Å². The molecule has 122 valence electrons. The van der Waals surface area contributed by atoms with E-state index in [2.05, 4.69) is 15.8 Å². The normalized spacial score (nSPS) is 10.6. The van der Waals surface area contributed by atoms with E-state index in [1.807, 2.05) is 31.2 Å². The first-order valence-corrected chi connectivity index (χ1v) is 7.46. The third-order valence-corrected chi connectivity index (χ3v) is 3.80. The second-order valence-corrected chi connectivity index (χ2v) is 5.43. The molecule has 0 bridgehead atoms. The van der Waals surface area contributed by atoms with E-state index in [9.17, 15) is 14.0 Å². The summed E-state index contributed by atoms with van der Waals surface area (Å²) in [5, 5.41) is 0.964. The number of fused-ring (bicyclic) bond motifs is 1. The molecule has 24 heavy (non-hydrogen) atoms. The quantitative estimate of drug-likeness (QED) is 0.648. The van der Waals surface area contributed by atoms with E-state index in [4.69, 9.17) is 0 Å². The van der Waals surface area contributed by atoms with E-state index in [0.29, 0.717) is 0 Å². The molecule has 0 saturated carbocycles.